The Bertz CT molecular complexity index is 9.22. The Morgan fingerprint density at radius 3 is 0.300 bits per heavy atom. The summed E-state index contributed by atoms with van der Waals surface area (Å²) in [5.41, 5.74) is 0. The van der Waals surface area contributed by atoms with Gasteiger partial charge in [-0.2, -0.15) is 0 Å². The third kappa shape index (κ3) is 808. The zero-order valence-corrected chi connectivity index (χ0v) is 11.7. The van der Waals surface area contributed by atoms with Gasteiger partial charge >= 0.3 is 42.4 Å². The third-order valence-electron chi connectivity index (χ3n) is 0. The summed E-state index contributed by atoms with van der Waals surface area (Å²) in [6.07, 6.45) is 0. The summed E-state index contributed by atoms with van der Waals surface area (Å²) >= 11 is 0. The second-order valence-electron chi connectivity index (χ2n) is 0. The van der Waals surface area contributed by atoms with Gasteiger partial charge in [0.1, 0.15) is 0 Å². The summed E-state index contributed by atoms with van der Waals surface area (Å²) in [5.74, 6) is 0. The van der Waals surface area contributed by atoms with Crippen molar-refractivity contribution in [1.29, 1.82) is 0 Å². The predicted octanol–water partition coefficient (Wildman–Crippen LogP) is -1.15. The van der Waals surface area contributed by atoms with Gasteiger partial charge in [0.25, 0.3) is 0 Å². The van der Waals surface area contributed by atoms with Crippen molar-refractivity contribution in [1.82, 2.24) is 0 Å². The molecular weight excluding hydrogens is 349 g/mol. The van der Waals surface area contributed by atoms with E-state index < -0.39 is 0 Å². The molecule has 10 heavy (non-hydrogen) atoms. The fourth-order valence-corrected chi connectivity index (χ4v) is 0. The molecule has 0 aliphatic rings. The molecule has 1 unspecified atom stereocenters. The SMILES string of the molecule is F.F.F.F.F.F.F.F.[AsH3].[SbH3]. The van der Waals surface area contributed by atoms with Gasteiger partial charge in [0.15, 0.2) is 0 Å². The first-order valence-electron chi connectivity index (χ1n) is 0. The predicted molar refractivity (Wildman–Crippen MR) is 39.9 cm³/mol. The Morgan fingerprint density at radius 1 is 0.300 bits per heavy atom. The average Bonchev–Trinajstić information content (AvgIpc) is 0. The van der Waals surface area contributed by atoms with Gasteiger partial charge in [0.05, 0.1) is 0 Å². The third-order valence-corrected chi connectivity index (χ3v) is 0. The van der Waals surface area contributed by atoms with Crippen molar-refractivity contribution in [3.8, 4) is 0 Å². The number of rotatable bonds is 0. The normalized spacial score (nSPS) is 0. The molecule has 10 heteroatoms. The molecule has 0 nitrogen and oxygen atoms in total. The van der Waals surface area contributed by atoms with Crippen molar-refractivity contribution < 1.29 is 37.6 Å². The summed E-state index contributed by atoms with van der Waals surface area (Å²) in [6.45, 7) is 0. The van der Waals surface area contributed by atoms with E-state index in [1.807, 2.05) is 0 Å². The van der Waals surface area contributed by atoms with E-state index in [1.165, 1.54) is 0 Å². The molecule has 1 atom stereocenters. The quantitative estimate of drug-likeness (QED) is 0.377. The van der Waals surface area contributed by atoms with Crippen molar-refractivity contribution in [3.63, 3.8) is 0 Å². The van der Waals surface area contributed by atoms with E-state index in [4.69, 9.17) is 0 Å². The summed E-state index contributed by atoms with van der Waals surface area (Å²) in [5, 5.41) is 0. The molecule has 0 aromatic carbocycles. The standard InChI is InChI=1S/AsH3.8FH.Sb.3H/h1H3;8*1H;;;;. The van der Waals surface area contributed by atoms with Crippen LogP contribution in [0.1, 0.15) is 0 Å². The second-order valence-corrected chi connectivity index (χ2v) is 0. The van der Waals surface area contributed by atoms with Crippen molar-refractivity contribution in [2.75, 3.05) is 0 Å². The van der Waals surface area contributed by atoms with Gasteiger partial charge in [-0.3, -0.25) is 37.6 Å². The molecule has 0 aromatic heterocycles. The molecule has 0 saturated heterocycles. The number of hydrogen-bond acceptors (Lipinski definition) is 0. The van der Waals surface area contributed by atoms with Crippen molar-refractivity contribution in [2.45, 2.75) is 0 Å². The fraction of sp³-hybridized carbons (Fsp3) is 0. The summed E-state index contributed by atoms with van der Waals surface area (Å²) in [7, 11) is 0. The Morgan fingerprint density at radius 2 is 0.300 bits per heavy atom. The van der Waals surface area contributed by atoms with Crippen LogP contribution in [-0.4, -0.2) is 42.4 Å². The van der Waals surface area contributed by atoms with Gasteiger partial charge in [-0.15, -0.1) is 0 Å². The molecule has 0 rings (SSSR count). The molecule has 0 heterocycles. The molecule has 0 saturated carbocycles. The molecule has 0 N–H and O–H groups in total. The second kappa shape index (κ2) is 1140. The Balaban J connectivity index is 0. The van der Waals surface area contributed by atoms with Gasteiger partial charge in [0, 0.05) is 0 Å². The van der Waals surface area contributed by atoms with Crippen molar-refractivity contribution >= 4 is 42.4 Å². The van der Waals surface area contributed by atoms with Crippen LogP contribution in [0.2, 0.25) is 0 Å². The van der Waals surface area contributed by atoms with Crippen LogP contribution in [0, 0.1) is 0 Å². The number of hydrogen-bond donors (Lipinski definition) is 0. The fourth-order valence-electron chi connectivity index (χ4n) is 0. The molecule has 80 valence electrons. The summed E-state index contributed by atoms with van der Waals surface area (Å²) in [6, 6.07) is 0. The first-order chi connectivity index (χ1) is 0. The Kier molecular flexibility index (Phi) is 179000. The van der Waals surface area contributed by atoms with Crippen LogP contribution >= 0.6 is 0 Å². The van der Waals surface area contributed by atoms with Crippen LogP contribution in [-0.2, 0) is 0 Å². The van der Waals surface area contributed by atoms with Crippen molar-refractivity contribution in [2.24, 2.45) is 0 Å². The minimum atomic E-state index is 0. The average molecular weight is 363 g/mol. The van der Waals surface area contributed by atoms with Gasteiger partial charge in [-0.05, 0) is 0 Å². The minimum absolute atomic E-state index is 0. The van der Waals surface area contributed by atoms with Crippen LogP contribution < -0.4 is 0 Å². The first-order valence-corrected chi connectivity index (χ1v) is 0. The van der Waals surface area contributed by atoms with Gasteiger partial charge < -0.3 is 0 Å². The van der Waals surface area contributed by atoms with E-state index in [2.05, 4.69) is 0 Å². The Labute approximate surface area is 80.2 Å². The van der Waals surface area contributed by atoms with Gasteiger partial charge in [-0.25, -0.2) is 0 Å². The molecule has 0 spiro atoms. The molecule has 0 bridgehead atoms. The zero-order valence-electron chi connectivity index (χ0n) is 4.68. The van der Waals surface area contributed by atoms with Crippen LogP contribution in [0.5, 0.6) is 0 Å². The maximum absolute atomic E-state index is 0. The Hall–Kier alpha value is 0.817. The molecule has 0 amide bonds. The van der Waals surface area contributed by atoms with E-state index in [1.54, 1.807) is 0 Å². The van der Waals surface area contributed by atoms with Crippen LogP contribution in [0.15, 0.2) is 0 Å². The maximum atomic E-state index is 0. The van der Waals surface area contributed by atoms with E-state index in [0.29, 0.717) is 0 Å². The van der Waals surface area contributed by atoms with Crippen LogP contribution in [0.4, 0.5) is 37.6 Å². The summed E-state index contributed by atoms with van der Waals surface area (Å²) < 4.78 is 0. The van der Waals surface area contributed by atoms with Crippen LogP contribution in [0.25, 0.3) is 0 Å². The topological polar surface area (TPSA) is 0 Å². The monoisotopic (exact) mass is 362 g/mol. The van der Waals surface area contributed by atoms with Crippen molar-refractivity contribution in [3.05, 3.63) is 0 Å². The molecule has 0 aliphatic heterocycles. The van der Waals surface area contributed by atoms with E-state index in [9.17, 15) is 0 Å². The molecule has 0 fully saturated rings. The molecular formula is H14AsF8Sb. The summed E-state index contributed by atoms with van der Waals surface area (Å²) in [4.78, 5) is 0. The van der Waals surface area contributed by atoms with E-state index >= 15 is 0 Å². The zero-order chi connectivity index (χ0) is 0. The van der Waals surface area contributed by atoms with E-state index in [0.717, 1.165) is 0 Å². The molecule has 0 aromatic rings. The van der Waals surface area contributed by atoms with Gasteiger partial charge in [-0.1, -0.05) is 0 Å². The molecule has 0 radical (unpaired) electrons. The molecule has 0 aliphatic carbocycles. The van der Waals surface area contributed by atoms with Crippen LogP contribution in [0.3, 0.4) is 0 Å². The van der Waals surface area contributed by atoms with Gasteiger partial charge in [0.2, 0.25) is 0 Å². The number of halogens is 8. The first kappa shape index (κ1) is 1560. The van der Waals surface area contributed by atoms with E-state index in [-0.39, 0.29) is 80.0 Å².